The highest BCUT2D eigenvalue weighted by molar-refractivity contribution is 5.36. The molecule has 0 spiro atoms. The maximum Gasteiger partial charge on any atom is 0.418 e. The second kappa shape index (κ2) is 4.74. The lowest BCUT2D eigenvalue weighted by molar-refractivity contribution is -0.206. The molecule has 0 aliphatic heterocycles. The van der Waals surface area contributed by atoms with Crippen LogP contribution in [0.1, 0.15) is 24.2 Å². The Balaban J connectivity index is 2.99. The molecule has 0 saturated heterocycles. The molecule has 1 aromatic rings. The maximum atomic E-state index is 12.3. The first-order valence-electron chi connectivity index (χ1n) is 4.84. The highest BCUT2D eigenvalue weighted by atomic mass is 19.4. The topological polar surface area (TPSA) is 29.5 Å². The summed E-state index contributed by atoms with van der Waals surface area (Å²) in [5.41, 5.74) is 0.215. The van der Waals surface area contributed by atoms with Crippen molar-refractivity contribution in [2.24, 2.45) is 0 Å². The van der Waals surface area contributed by atoms with Crippen molar-refractivity contribution in [3.63, 3.8) is 0 Å². The molecule has 1 aromatic carbocycles. The van der Waals surface area contributed by atoms with E-state index in [2.05, 4.69) is 0 Å². The predicted molar refractivity (Wildman–Crippen MR) is 53.4 cm³/mol. The lowest BCUT2D eigenvalue weighted by Gasteiger charge is -2.17. The molecule has 0 radical (unpaired) electrons. The molecule has 0 heterocycles. The minimum absolute atomic E-state index is 0.143. The van der Waals surface area contributed by atoms with Gasteiger partial charge in [0.1, 0.15) is 5.75 Å². The predicted octanol–water partition coefficient (Wildman–Crippen LogP) is 2.99. The van der Waals surface area contributed by atoms with Crippen molar-refractivity contribution >= 4 is 0 Å². The first-order valence-corrected chi connectivity index (χ1v) is 4.84. The molecular weight excluding hydrogens is 221 g/mol. The zero-order chi connectivity index (χ0) is 12.3. The first-order chi connectivity index (χ1) is 7.36. The summed E-state index contributed by atoms with van der Waals surface area (Å²) in [7, 11) is 0. The standard InChI is InChI=1S/C11H13F3O2/c1-3-16-8-4-5-9(7(2)6-8)10(15)11(12,13)14/h4-6,10,15H,3H2,1-2H3/t10-/m1/s1. The van der Waals surface area contributed by atoms with Crippen LogP contribution in [0.3, 0.4) is 0 Å². The van der Waals surface area contributed by atoms with Crippen molar-refractivity contribution in [1.82, 2.24) is 0 Å². The Morgan fingerprint density at radius 1 is 1.38 bits per heavy atom. The van der Waals surface area contributed by atoms with Crippen molar-refractivity contribution in [3.8, 4) is 5.75 Å². The molecule has 0 aliphatic carbocycles. The van der Waals surface area contributed by atoms with Crippen LogP contribution in [0.25, 0.3) is 0 Å². The molecule has 16 heavy (non-hydrogen) atoms. The van der Waals surface area contributed by atoms with Crippen molar-refractivity contribution < 1.29 is 23.0 Å². The lowest BCUT2D eigenvalue weighted by Crippen LogP contribution is -2.21. The van der Waals surface area contributed by atoms with Crippen LogP contribution in [0, 0.1) is 6.92 Å². The average molecular weight is 234 g/mol. The fourth-order valence-corrected chi connectivity index (χ4v) is 1.39. The minimum Gasteiger partial charge on any atom is -0.494 e. The second-order valence-corrected chi connectivity index (χ2v) is 3.40. The highest BCUT2D eigenvalue weighted by Gasteiger charge is 2.40. The van der Waals surface area contributed by atoms with E-state index < -0.39 is 12.3 Å². The van der Waals surface area contributed by atoms with E-state index in [1.165, 1.54) is 25.1 Å². The highest BCUT2D eigenvalue weighted by Crippen LogP contribution is 2.34. The number of aliphatic hydroxyl groups is 1. The van der Waals surface area contributed by atoms with Gasteiger partial charge in [0.25, 0.3) is 0 Å². The van der Waals surface area contributed by atoms with Gasteiger partial charge in [-0.2, -0.15) is 13.2 Å². The summed E-state index contributed by atoms with van der Waals surface area (Å²) < 4.78 is 42.0. The van der Waals surface area contributed by atoms with E-state index in [0.717, 1.165) is 0 Å². The fraction of sp³-hybridized carbons (Fsp3) is 0.455. The number of alkyl halides is 3. The number of aliphatic hydroxyl groups excluding tert-OH is 1. The van der Waals surface area contributed by atoms with E-state index in [0.29, 0.717) is 17.9 Å². The summed E-state index contributed by atoms with van der Waals surface area (Å²) in [6.45, 7) is 3.74. The summed E-state index contributed by atoms with van der Waals surface area (Å²) >= 11 is 0. The zero-order valence-corrected chi connectivity index (χ0v) is 9.01. The molecular formula is C11H13F3O2. The van der Waals surface area contributed by atoms with Crippen LogP contribution in [0.4, 0.5) is 13.2 Å². The quantitative estimate of drug-likeness (QED) is 0.871. The summed E-state index contributed by atoms with van der Waals surface area (Å²) in [4.78, 5) is 0. The summed E-state index contributed by atoms with van der Waals surface area (Å²) in [6.07, 6.45) is -7.08. The van der Waals surface area contributed by atoms with Crippen LogP contribution in [0.5, 0.6) is 5.75 Å². The van der Waals surface area contributed by atoms with E-state index >= 15 is 0 Å². The SMILES string of the molecule is CCOc1ccc([C@@H](O)C(F)(F)F)c(C)c1. The third kappa shape index (κ3) is 2.88. The molecule has 0 aromatic heterocycles. The van der Waals surface area contributed by atoms with Gasteiger partial charge < -0.3 is 9.84 Å². The molecule has 1 N–H and O–H groups in total. The lowest BCUT2D eigenvalue weighted by atomic mass is 10.0. The van der Waals surface area contributed by atoms with Gasteiger partial charge >= 0.3 is 6.18 Å². The van der Waals surface area contributed by atoms with E-state index in [4.69, 9.17) is 9.84 Å². The molecule has 5 heteroatoms. The van der Waals surface area contributed by atoms with Crippen LogP contribution in [0.15, 0.2) is 18.2 Å². The number of rotatable bonds is 3. The molecule has 0 fully saturated rings. The van der Waals surface area contributed by atoms with Crippen molar-refractivity contribution in [2.75, 3.05) is 6.61 Å². The van der Waals surface area contributed by atoms with Gasteiger partial charge in [-0.05, 0) is 37.1 Å². The molecule has 0 bridgehead atoms. The minimum atomic E-state index is -4.64. The van der Waals surface area contributed by atoms with Crippen LogP contribution in [0.2, 0.25) is 0 Å². The molecule has 0 saturated carbocycles. The van der Waals surface area contributed by atoms with Gasteiger partial charge in [-0.25, -0.2) is 0 Å². The number of halogens is 3. The molecule has 2 nitrogen and oxygen atoms in total. The Morgan fingerprint density at radius 3 is 2.44 bits per heavy atom. The van der Waals surface area contributed by atoms with Crippen LogP contribution in [-0.4, -0.2) is 17.9 Å². The third-order valence-electron chi connectivity index (χ3n) is 2.16. The molecule has 90 valence electrons. The molecule has 1 rings (SSSR count). The molecule has 1 atom stereocenters. The van der Waals surface area contributed by atoms with E-state index in [9.17, 15) is 13.2 Å². The van der Waals surface area contributed by atoms with Gasteiger partial charge in [-0.3, -0.25) is 0 Å². The zero-order valence-electron chi connectivity index (χ0n) is 9.01. The second-order valence-electron chi connectivity index (χ2n) is 3.40. The van der Waals surface area contributed by atoms with Gasteiger partial charge in [0, 0.05) is 0 Å². The number of hydrogen-bond acceptors (Lipinski definition) is 2. The largest absolute Gasteiger partial charge is 0.494 e. The Kier molecular flexibility index (Phi) is 3.80. The van der Waals surface area contributed by atoms with Crippen molar-refractivity contribution in [3.05, 3.63) is 29.3 Å². The summed E-state index contributed by atoms with van der Waals surface area (Å²) in [5, 5.41) is 9.09. The van der Waals surface area contributed by atoms with Crippen LogP contribution >= 0.6 is 0 Å². The number of ether oxygens (including phenoxy) is 1. The van der Waals surface area contributed by atoms with Crippen LogP contribution in [-0.2, 0) is 0 Å². The first kappa shape index (κ1) is 12.8. The van der Waals surface area contributed by atoms with Gasteiger partial charge in [0.15, 0.2) is 6.10 Å². The van der Waals surface area contributed by atoms with Gasteiger partial charge in [-0.15, -0.1) is 0 Å². The third-order valence-corrected chi connectivity index (χ3v) is 2.16. The Hall–Kier alpha value is -1.23. The average Bonchev–Trinajstić information content (AvgIpc) is 2.16. The number of benzene rings is 1. The Bertz CT molecular complexity index is 361. The van der Waals surface area contributed by atoms with Gasteiger partial charge in [0.05, 0.1) is 6.61 Å². The van der Waals surface area contributed by atoms with Crippen molar-refractivity contribution in [1.29, 1.82) is 0 Å². The maximum absolute atomic E-state index is 12.3. The summed E-state index contributed by atoms with van der Waals surface area (Å²) in [5.74, 6) is 0.498. The smallest absolute Gasteiger partial charge is 0.418 e. The van der Waals surface area contributed by atoms with Crippen LogP contribution < -0.4 is 4.74 Å². The van der Waals surface area contributed by atoms with Gasteiger partial charge in [0.2, 0.25) is 0 Å². The van der Waals surface area contributed by atoms with E-state index in [1.54, 1.807) is 6.92 Å². The van der Waals surface area contributed by atoms with E-state index in [1.807, 2.05) is 0 Å². The monoisotopic (exact) mass is 234 g/mol. The Morgan fingerprint density at radius 2 is 2.00 bits per heavy atom. The van der Waals surface area contributed by atoms with E-state index in [-0.39, 0.29) is 5.56 Å². The number of aryl methyl sites for hydroxylation is 1. The summed E-state index contributed by atoms with van der Waals surface area (Å²) in [6, 6.07) is 4.13. The molecule has 0 unspecified atom stereocenters. The Labute approximate surface area is 91.7 Å². The van der Waals surface area contributed by atoms with Gasteiger partial charge in [-0.1, -0.05) is 6.07 Å². The molecule has 0 amide bonds. The molecule has 0 aliphatic rings. The normalized spacial score (nSPS) is 13.6. The van der Waals surface area contributed by atoms with Crippen molar-refractivity contribution in [2.45, 2.75) is 26.1 Å². The fourth-order valence-electron chi connectivity index (χ4n) is 1.39. The number of hydrogen-bond donors (Lipinski definition) is 1.